The third-order valence-corrected chi connectivity index (χ3v) is 18.7. The molecule has 0 aliphatic rings. The van der Waals surface area contributed by atoms with Gasteiger partial charge in [0, 0.05) is 84.1 Å². The monoisotopic (exact) mass is 1110 g/mol. The fraction of sp³-hybridized carbons (Fsp3) is 0. The van der Waals surface area contributed by atoms with E-state index in [1.807, 2.05) is 97.1 Å². The van der Waals surface area contributed by atoms with Gasteiger partial charge in [-0.2, -0.15) is 0 Å². The van der Waals surface area contributed by atoms with Crippen LogP contribution in [0.2, 0.25) is 0 Å². The molecule has 0 radical (unpaired) electrons. The summed E-state index contributed by atoms with van der Waals surface area (Å²) in [5, 5.41) is 8.27. The summed E-state index contributed by atoms with van der Waals surface area (Å²) in [6, 6.07) is 77.8. The first-order chi connectivity index (χ1) is 43.7. The van der Waals surface area contributed by atoms with Gasteiger partial charge in [0.1, 0.15) is 0 Å². The maximum absolute atomic E-state index is 10.2. The smallest absolute Gasteiger partial charge is 0.213 e. The van der Waals surface area contributed by atoms with Gasteiger partial charge in [0.25, 0.3) is 0 Å². The van der Waals surface area contributed by atoms with Crippen LogP contribution in [-0.2, 0) is 0 Å². The van der Waals surface area contributed by atoms with Gasteiger partial charge in [0.05, 0.1) is 46.9 Å². The van der Waals surface area contributed by atoms with Crippen molar-refractivity contribution in [3.63, 3.8) is 0 Å². The predicted molar refractivity (Wildman–Crippen MR) is 353 cm³/mol. The fourth-order valence-electron chi connectivity index (χ4n) is 12.6. The minimum Gasteiger partial charge on any atom is -0.317 e. The van der Waals surface area contributed by atoms with Crippen LogP contribution in [-0.4, -0.2) is 24.1 Å². The number of hydrogen-bond acceptors (Lipinski definition) is 5. The zero-order valence-electron chi connectivity index (χ0n) is 49.5. The quantitative estimate of drug-likeness (QED) is 0.143. The van der Waals surface area contributed by atoms with E-state index in [2.05, 4.69) is 147 Å². The summed E-state index contributed by atoms with van der Waals surface area (Å²) in [4.78, 5) is 20.4. The van der Waals surface area contributed by atoms with Crippen molar-refractivity contribution in [2.45, 2.75) is 0 Å². The summed E-state index contributed by atoms with van der Waals surface area (Å²) in [5.41, 5.74) is 10.1. The minimum absolute atomic E-state index is 0.0837. The molecule has 0 saturated carbocycles. The van der Waals surface area contributed by atoms with Crippen LogP contribution in [0, 0.1) is 6.57 Å². The van der Waals surface area contributed by atoms with Gasteiger partial charge >= 0.3 is 0 Å². The normalized spacial score (nSPS) is 12.6. The highest BCUT2D eigenvalue weighted by atomic mass is 32.1. The van der Waals surface area contributed by atoms with Crippen LogP contribution in [0.5, 0.6) is 0 Å². The molecule has 0 aliphatic heterocycles. The Morgan fingerprint density at radius 2 is 0.786 bits per heavy atom. The number of benzene rings is 12. The molecule has 84 heavy (non-hydrogen) atoms. The Balaban J connectivity index is 1.13. The average Bonchev–Trinajstić information content (AvgIpc) is 1.62. The summed E-state index contributed by atoms with van der Waals surface area (Å²) >= 11 is 3.45. The molecule has 0 fully saturated rings. The second kappa shape index (κ2) is 19.2. The van der Waals surface area contributed by atoms with Crippen molar-refractivity contribution in [2.24, 2.45) is 0 Å². The van der Waals surface area contributed by atoms with Crippen LogP contribution in [0.1, 0.15) is 6.85 Å². The van der Waals surface area contributed by atoms with Crippen LogP contribution in [0.3, 0.4) is 0 Å². The molecule has 5 aromatic heterocycles. The average molecular weight is 1110 g/mol. The maximum atomic E-state index is 10.2. The van der Waals surface area contributed by atoms with Gasteiger partial charge in [-0.25, -0.2) is 19.8 Å². The van der Waals surface area contributed by atoms with Crippen LogP contribution in [0.25, 0.3) is 168 Å². The molecule has 0 spiro atoms. The van der Waals surface area contributed by atoms with E-state index in [0.717, 1.165) is 106 Å². The molecule has 0 aliphatic carbocycles. The molecule has 0 amide bonds. The van der Waals surface area contributed by atoms with Crippen LogP contribution in [0.15, 0.2) is 267 Å². The Bertz CT molecular complexity index is 5790. The molecular formula is C76H44N6S2. The largest absolute Gasteiger partial charge is 0.317 e. The van der Waals surface area contributed by atoms with Gasteiger partial charge in [0.15, 0.2) is 17.5 Å². The second-order valence-corrected chi connectivity index (χ2v) is 23.0. The highest BCUT2D eigenvalue weighted by molar-refractivity contribution is 7.27. The van der Waals surface area contributed by atoms with Crippen molar-refractivity contribution in [3.05, 3.63) is 278 Å². The van der Waals surface area contributed by atoms with E-state index < -0.39 is 30.2 Å². The Labute approximate surface area is 497 Å². The zero-order valence-corrected chi connectivity index (χ0v) is 46.1. The van der Waals surface area contributed by atoms with Crippen LogP contribution in [0.4, 0.5) is 5.69 Å². The number of aromatic nitrogens is 5. The van der Waals surface area contributed by atoms with E-state index in [4.69, 9.17) is 16.3 Å². The van der Waals surface area contributed by atoms with Gasteiger partial charge in [-0.05, 0) is 82.4 Å². The summed E-state index contributed by atoms with van der Waals surface area (Å²) in [7, 11) is 0. The van der Waals surface area contributed by atoms with E-state index in [1.165, 1.54) is 0 Å². The molecule has 0 atom stereocenters. The van der Waals surface area contributed by atoms with E-state index in [0.29, 0.717) is 34.2 Å². The lowest BCUT2D eigenvalue weighted by molar-refractivity contribution is 1.07. The fourth-order valence-corrected chi connectivity index (χ4v) is 15.1. The van der Waals surface area contributed by atoms with Crippen molar-refractivity contribution in [3.8, 4) is 78.9 Å². The number of thiophene rings is 2. The van der Waals surface area contributed by atoms with Crippen LogP contribution < -0.4 is 0 Å². The van der Waals surface area contributed by atoms with Gasteiger partial charge in [-0.1, -0.05) is 212 Å². The van der Waals surface area contributed by atoms with Crippen molar-refractivity contribution in [1.82, 2.24) is 24.1 Å². The van der Waals surface area contributed by atoms with Crippen molar-refractivity contribution < 1.29 is 6.85 Å². The third-order valence-electron chi connectivity index (χ3n) is 16.3. The van der Waals surface area contributed by atoms with E-state index >= 15 is 0 Å². The Hall–Kier alpha value is -10.8. The van der Waals surface area contributed by atoms with Gasteiger partial charge in [0.2, 0.25) is 5.69 Å². The SMILES string of the molecule is [2H]c1c([2H])c([2H])c(-c2c(-c3nc(-c4ccccc4)nc(-c4ccccc4)n3)cc([N+]#[C-])c(-n3c4ccc(-c5ccccc5)cc4c4c5sc6ccccc6c5ccc43)c2-n2c3ccc(-c4ccccc4)cc3c3c4sc5ccccc5c4ccc32)c([2H])c1[2H]. The summed E-state index contributed by atoms with van der Waals surface area (Å²) in [6.07, 6.45) is 0. The molecule has 6 nitrogen and oxygen atoms in total. The number of rotatable bonds is 8. The number of nitrogens with zero attached hydrogens (tertiary/aromatic N) is 6. The molecule has 17 rings (SSSR count). The molecule has 0 N–H and O–H groups in total. The number of hydrogen-bond donors (Lipinski definition) is 0. The summed E-state index contributed by atoms with van der Waals surface area (Å²) in [6.45, 7) is 9.66. The lowest BCUT2D eigenvalue weighted by Gasteiger charge is -2.25. The van der Waals surface area contributed by atoms with Gasteiger partial charge in [-0.15, -0.1) is 22.7 Å². The highest BCUT2D eigenvalue weighted by Crippen LogP contribution is 2.53. The van der Waals surface area contributed by atoms with Crippen molar-refractivity contribution >= 4 is 112 Å². The molecular weight excluding hydrogens is 1060 g/mol. The summed E-state index contributed by atoms with van der Waals surface area (Å²) < 4.78 is 57.2. The molecule has 5 heterocycles. The first kappa shape index (κ1) is 43.0. The molecule has 0 bridgehead atoms. The summed E-state index contributed by atoms with van der Waals surface area (Å²) in [5.74, 6) is 0.828. The highest BCUT2D eigenvalue weighted by Gasteiger charge is 2.31. The molecule has 390 valence electrons. The maximum Gasteiger partial charge on any atom is 0.213 e. The lowest BCUT2D eigenvalue weighted by Crippen LogP contribution is -2.09. The van der Waals surface area contributed by atoms with E-state index in [-0.39, 0.29) is 28.2 Å². The van der Waals surface area contributed by atoms with Crippen molar-refractivity contribution in [1.29, 1.82) is 0 Å². The first-order valence-corrected chi connectivity index (χ1v) is 29.3. The van der Waals surface area contributed by atoms with Gasteiger partial charge < -0.3 is 9.13 Å². The Morgan fingerprint density at radius 1 is 0.357 bits per heavy atom. The molecule has 12 aromatic carbocycles. The molecule has 17 aromatic rings. The minimum atomic E-state index is -0.538. The second-order valence-electron chi connectivity index (χ2n) is 20.9. The Kier molecular flexibility index (Phi) is 9.80. The third kappa shape index (κ3) is 7.43. The predicted octanol–water partition coefficient (Wildman–Crippen LogP) is 21.4. The molecule has 8 heteroatoms. The lowest BCUT2D eigenvalue weighted by atomic mass is 9.93. The van der Waals surface area contributed by atoms with E-state index in [1.54, 1.807) is 28.7 Å². The first-order valence-electron chi connectivity index (χ1n) is 30.1. The van der Waals surface area contributed by atoms with Gasteiger partial charge in [-0.3, -0.25) is 0 Å². The Morgan fingerprint density at radius 3 is 1.27 bits per heavy atom. The van der Waals surface area contributed by atoms with Crippen LogP contribution >= 0.6 is 22.7 Å². The van der Waals surface area contributed by atoms with E-state index in [9.17, 15) is 12.1 Å². The molecule has 0 saturated heterocycles. The standard InChI is InChI=1S/C76H44N6S2/c1-77-60-45-59(76-79-74(49-27-13-5-14-28-49)78-75(80-76)50-29-15-6-16-30-50)67(48-25-11-4-12-26-48)71(82-62-40-36-52(47-23-9-3-10-24-47)44-58(62)69-64(82)42-38-56-54-32-18-20-34-66(54)84-73(56)69)70(60)81-61-39-35-51(46-21-7-2-8-22-46)43-57(61)68-63(81)41-37-55-53-31-17-19-33-65(53)83-72(55)68/h2-45H/i4D,11D,12D,25D,26D. The zero-order chi connectivity index (χ0) is 59.8. The topological polar surface area (TPSA) is 52.9 Å². The molecule has 0 unspecified atom stereocenters. The van der Waals surface area contributed by atoms with Crippen molar-refractivity contribution in [2.75, 3.05) is 0 Å². The number of fused-ring (bicyclic) bond motifs is 14.